The number of thiazole rings is 1. The lowest BCUT2D eigenvalue weighted by Gasteiger charge is -2.11. The molecule has 6 heteroatoms. The zero-order valence-electron chi connectivity index (χ0n) is 10.2. The van der Waals surface area contributed by atoms with E-state index in [0.717, 1.165) is 18.1 Å². The van der Waals surface area contributed by atoms with Crippen LogP contribution in [0.1, 0.15) is 23.8 Å². The van der Waals surface area contributed by atoms with Gasteiger partial charge in [-0.3, -0.25) is 4.79 Å². The van der Waals surface area contributed by atoms with Gasteiger partial charge in [0.05, 0.1) is 0 Å². The van der Waals surface area contributed by atoms with Crippen LogP contribution in [0.25, 0.3) is 0 Å². The van der Waals surface area contributed by atoms with Crippen molar-refractivity contribution in [3.05, 3.63) is 23.2 Å². The molecule has 0 bridgehead atoms. The first-order chi connectivity index (χ1) is 8.72. The van der Waals surface area contributed by atoms with Crippen molar-refractivity contribution < 1.29 is 9.90 Å². The number of aliphatic hydroxyl groups excluding tert-OH is 1. The summed E-state index contributed by atoms with van der Waals surface area (Å²) < 4.78 is 0. The second-order valence-electron chi connectivity index (χ2n) is 4.21. The summed E-state index contributed by atoms with van der Waals surface area (Å²) in [6.45, 7) is 2.90. The number of hydrogen-bond acceptors (Lipinski definition) is 5. The Morgan fingerprint density at radius 3 is 3.11 bits per heavy atom. The molecule has 3 N–H and O–H groups in total. The van der Waals surface area contributed by atoms with Crippen LogP contribution < -0.4 is 10.6 Å². The summed E-state index contributed by atoms with van der Waals surface area (Å²) >= 11 is 1.42. The highest BCUT2D eigenvalue weighted by atomic mass is 32.1. The number of nitrogens with zero attached hydrogens (tertiary/aromatic N) is 1. The molecule has 0 spiro atoms. The number of anilines is 1. The summed E-state index contributed by atoms with van der Waals surface area (Å²) in [6.07, 6.45) is 4.62. The fourth-order valence-electron chi connectivity index (χ4n) is 1.87. The van der Waals surface area contributed by atoms with Crippen LogP contribution in [-0.4, -0.2) is 35.2 Å². The van der Waals surface area contributed by atoms with Crippen LogP contribution in [0, 0.1) is 5.92 Å². The lowest BCUT2D eigenvalue weighted by Crippen LogP contribution is -2.33. The first kappa shape index (κ1) is 13.0. The van der Waals surface area contributed by atoms with Gasteiger partial charge in [0, 0.05) is 30.5 Å². The van der Waals surface area contributed by atoms with Gasteiger partial charge in [0.1, 0.15) is 5.69 Å². The number of carbonyl (C=O) groups is 1. The molecular weight excluding hydrogens is 250 g/mol. The maximum atomic E-state index is 11.9. The highest BCUT2D eigenvalue weighted by Crippen LogP contribution is 2.19. The molecule has 1 aliphatic rings. The number of hydrogen-bond donors (Lipinski definition) is 3. The molecule has 1 heterocycles. The maximum Gasteiger partial charge on any atom is 0.271 e. The SMILES string of the molecule is CCNc1nc(C(=O)N[C@@H]2C=C[C@H](CO)C2)cs1. The van der Waals surface area contributed by atoms with E-state index in [-0.39, 0.29) is 24.5 Å². The number of nitrogens with one attached hydrogen (secondary N) is 2. The average molecular weight is 267 g/mol. The van der Waals surface area contributed by atoms with Gasteiger partial charge in [0.25, 0.3) is 5.91 Å². The summed E-state index contributed by atoms with van der Waals surface area (Å²) in [5.41, 5.74) is 0.441. The molecule has 0 fully saturated rings. The number of carbonyl (C=O) groups excluding carboxylic acids is 1. The van der Waals surface area contributed by atoms with E-state index in [2.05, 4.69) is 15.6 Å². The van der Waals surface area contributed by atoms with E-state index >= 15 is 0 Å². The van der Waals surface area contributed by atoms with E-state index in [0.29, 0.717) is 5.69 Å². The van der Waals surface area contributed by atoms with Crippen LogP contribution in [0.2, 0.25) is 0 Å². The van der Waals surface area contributed by atoms with Crippen molar-refractivity contribution in [1.29, 1.82) is 0 Å². The fraction of sp³-hybridized carbons (Fsp3) is 0.500. The molecule has 98 valence electrons. The topological polar surface area (TPSA) is 74.2 Å². The lowest BCUT2D eigenvalue weighted by atomic mass is 10.1. The monoisotopic (exact) mass is 267 g/mol. The standard InChI is InChI=1S/C12H17N3O2S/c1-2-13-12-15-10(7-18-12)11(17)14-9-4-3-8(5-9)6-16/h3-4,7-9,16H,2,5-6H2,1H3,(H,13,15)(H,14,17)/t8-,9+/m0/s1. The summed E-state index contributed by atoms with van der Waals surface area (Å²) in [4.78, 5) is 16.1. The number of amides is 1. The molecule has 1 amide bonds. The fourth-order valence-corrected chi connectivity index (χ4v) is 2.63. The van der Waals surface area contributed by atoms with Crippen LogP contribution in [-0.2, 0) is 0 Å². The first-order valence-corrected chi connectivity index (χ1v) is 6.90. The molecular formula is C12H17N3O2S. The Morgan fingerprint density at radius 2 is 2.44 bits per heavy atom. The molecule has 2 rings (SSSR count). The normalized spacial score (nSPS) is 22.1. The third-order valence-electron chi connectivity index (χ3n) is 2.79. The van der Waals surface area contributed by atoms with E-state index in [1.807, 2.05) is 19.1 Å². The molecule has 1 aliphatic carbocycles. The van der Waals surface area contributed by atoms with Crippen molar-refractivity contribution in [2.45, 2.75) is 19.4 Å². The summed E-state index contributed by atoms with van der Waals surface area (Å²) in [5.74, 6) is -0.00769. The molecule has 18 heavy (non-hydrogen) atoms. The Labute approximate surface area is 110 Å². The molecule has 0 saturated carbocycles. The molecule has 1 aromatic heterocycles. The van der Waals surface area contributed by atoms with Crippen molar-refractivity contribution in [3.63, 3.8) is 0 Å². The minimum absolute atomic E-state index is 0.000987. The van der Waals surface area contributed by atoms with Crippen molar-refractivity contribution in [3.8, 4) is 0 Å². The third kappa shape index (κ3) is 3.08. The Morgan fingerprint density at radius 1 is 1.61 bits per heavy atom. The van der Waals surface area contributed by atoms with E-state index in [4.69, 9.17) is 5.11 Å². The first-order valence-electron chi connectivity index (χ1n) is 6.02. The highest BCUT2D eigenvalue weighted by Gasteiger charge is 2.21. The van der Waals surface area contributed by atoms with Gasteiger partial charge >= 0.3 is 0 Å². The van der Waals surface area contributed by atoms with Crippen LogP contribution >= 0.6 is 11.3 Å². The van der Waals surface area contributed by atoms with E-state index in [1.165, 1.54) is 11.3 Å². The average Bonchev–Trinajstić information content (AvgIpc) is 2.98. The van der Waals surface area contributed by atoms with Gasteiger partial charge in [0.2, 0.25) is 0 Å². The Bertz CT molecular complexity index is 444. The molecule has 0 aliphatic heterocycles. The Kier molecular flexibility index (Phi) is 4.33. The molecule has 0 radical (unpaired) electrons. The van der Waals surface area contributed by atoms with Gasteiger partial charge in [-0.25, -0.2) is 4.98 Å². The molecule has 5 nitrogen and oxygen atoms in total. The van der Waals surface area contributed by atoms with Gasteiger partial charge < -0.3 is 15.7 Å². The molecule has 2 atom stereocenters. The summed E-state index contributed by atoms with van der Waals surface area (Å²) in [7, 11) is 0. The zero-order chi connectivity index (χ0) is 13.0. The van der Waals surface area contributed by atoms with Crippen molar-refractivity contribution >= 4 is 22.4 Å². The summed E-state index contributed by atoms with van der Waals surface area (Å²) in [6, 6.07) is -0.000987. The lowest BCUT2D eigenvalue weighted by molar-refractivity contribution is 0.0937. The minimum atomic E-state index is -0.163. The smallest absolute Gasteiger partial charge is 0.271 e. The second-order valence-corrected chi connectivity index (χ2v) is 5.07. The number of aliphatic hydroxyl groups is 1. The zero-order valence-corrected chi connectivity index (χ0v) is 11.0. The number of rotatable bonds is 5. The van der Waals surface area contributed by atoms with Gasteiger partial charge in [-0.1, -0.05) is 12.2 Å². The third-order valence-corrected chi connectivity index (χ3v) is 3.59. The Hall–Kier alpha value is -1.40. The van der Waals surface area contributed by atoms with E-state index < -0.39 is 0 Å². The molecule has 0 unspecified atom stereocenters. The van der Waals surface area contributed by atoms with Gasteiger partial charge in [-0.05, 0) is 13.3 Å². The van der Waals surface area contributed by atoms with Crippen LogP contribution in [0.5, 0.6) is 0 Å². The minimum Gasteiger partial charge on any atom is -0.396 e. The molecule has 0 aromatic carbocycles. The number of aromatic nitrogens is 1. The van der Waals surface area contributed by atoms with Crippen LogP contribution in [0.4, 0.5) is 5.13 Å². The Balaban J connectivity index is 1.89. The van der Waals surface area contributed by atoms with E-state index in [1.54, 1.807) is 5.38 Å². The van der Waals surface area contributed by atoms with Crippen molar-refractivity contribution in [2.24, 2.45) is 5.92 Å². The van der Waals surface area contributed by atoms with Crippen LogP contribution in [0.15, 0.2) is 17.5 Å². The quantitative estimate of drug-likeness (QED) is 0.702. The van der Waals surface area contributed by atoms with Gasteiger partial charge in [-0.2, -0.15) is 0 Å². The largest absolute Gasteiger partial charge is 0.396 e. The van der Waals surface area contributed by atoms with E-state index in [9.17, 15) is 4.79 Å². The second kappa shape index (κ2) is 5.97. The van der Waals surface area contributed by atoms with Gasteiger partial charge in [-0.15, -0.1) is 11.3 Å². The van der Waals surface area contributed by atoms with Crippen molar-refractivity contribution in [1.82, 2.24) is 10.3 Å². The van der Waals surface area contributed by atoms with Gasteiger partial charge in [0.15, 0.2) is 5.13 Å². The van der Waals surface area contributed by atoms with Crippen LogP contribution in [0.3, 0.4) is 0 Å². The molecule has 0 saturated heterocycles. The molecule has 1 aromatic rings. The summed E-state index contributed by atoms with van der Waals surface area (Å²) in [5, 5.41) is 17.5. The predicted molar refractivity (Wildman–Crippen MR) is 71.9 cm³/mol. The van der Waals surface area contributed by atoms with Crippen molar-refractivity contribution in [2.75, 3.05) is 18.5 Å². The maximum absolute atomic E-state index is 11.9. The highest BCUT2D eigenvalue weighted by molar-refractivity contribution is 7.13. The predicted octanol–water partition coefficient (Wildman–Crippen LogP) is 1.24.